The fraction of sp³-hybridized carbons (Fsp3) is 0.667. The topological polar surface area (TPSA) is 30.5 Å². The molecule has 1 N–H and O–H groups in total. The van der Waals surface area contributed by atoms with Crippen LogP contribution in [0.4, 0.5) is 0 Å². The van der Waals surface area contributed by atoms with Crippen LogP contribution in [-0.2, 0) is 4.74 Å². The smallest absolute Gasteiger partial charge is 0.119 e. The van der Waals surface area contributed by atoms with Crippen LogP contribution in [0.15, 0.2) is 24.3 Å². The molecule has 0 saturated heterocycles. The molecule has 1 aromatic rings. The molecule has 1 aromatic carbocycles. The average molecular weight is 291 g/mol. The molecule has 2 rings (SSSR count). The first-order chi connectivity index (χ1) is 10.2. The summed E-state index contributed by atoms with van der Waals surface area (Å²) in [4.78, 5) is 0. The zero-order valence-electron chi connectivity index (χ0n) is 13.6. The van der Waals surface area contributed by atoms with Crippen molar-refractivity contribution in [3.05, 3.63) is 29.8 Å². The van der Waals surface area contributed by atoms with E-state index in [1.165, 1.54) is 31.2 Å². The van der Waals surface area contributed by atoms with E-state index in [9.17, 15) is 0 Å². The lowest BCUT2D eigenvalue weighted by Crippen LogP contribution is -2.26. The van der Waals surface area contributed by atoms with E-state index < -0.39 is 0 Å². The van der Waals surface area contributed by atoms with E-state index in [2.05, 4.69) is 31.3 Å². The summed E-state index contributed by atoms with van der Waals surface area (Å²) < 4.78 is 11.5. The van der Waals surface area contributed by atoms with E-state index in [1.807, 2.05) is 12.1 Å². The van der Waals surface area contributed by atoms with E-state index >= 15 is 0 Å². The van der Waals surface area contributed by atoms with Crippen molar-refractivity contribution in [3.8, 4) is 5.75 Å². The van der Waals surface area contributed by atoms with Gasteiger partial charge in [0.2, 0.25) is 0 Å². The molecule has 0 heterocycles. The molecule has 21 heavy (non-hydrogen) atoms. The molecule has 2 atom stereocenters. The van der Waals surface area contributed by atoms with Gasteiger partial charge in [-0.2, -0.15) is 0 Å². The summed E-state index contributed by atoms with van der Waals surface area (Å²) >= 11 is 0. The van der Waals surface area contributed by atoms with Gasteiger partial charge in [-0.25, -0.2) is 0 Å². The molecule has 0 bridgehead atoms. The van der Waals surface area contributed by atoms with Crippen LogP contribution in [-0.4, -0.2) is 26.3 Å². The number of ether oxygens (including phenoxy) is 2. The van der Waals surface area contributed by atoms with Crippen molar-refractivity contribution in [2.75, 3.05) is 20.3 Å². The van der Waals surface area contributed by atoms with Crippen LogP contribution < -0.4 is 10.1 Å². The Morgan fingerprint density at radius 2 is 2.14 bits per heavy atom. The van der Waals surface area contributed by atoms with Gasteiger partial charge in [-0.05, 0) is 42.9 Å². The van der Waals surface area contributed by atoms with Crippen molar-refractivity contribution < 1.29 is 9.47 Å². The predicted molar refractivity (Wildman–Crippen MR) is 86.8 cm³/mol. The maximum Gasteiger partial charge on any atom is 0.119 e. The highest BCUT2D eigenvalue weighted by Gasteiger charge is 2.23. The first-order valence-corrected chi connectivity index (χ1v) is 8.21. The van der Waals surface area contributed by atoms with Gasteiger partial charge >= 0.3 is 0 Å². The summed E-state index contributed by atoms with van der Waals surface area (Å²) in [5.74, 6) is 1.51. The lowest BCUT2D eigenvalue weighted by atomic mass is 10.1. The molecule has 3 nitrogen and oxygen atoms in total. The quantitative estimate of drug-likeness (QED) is 0.708. The van der Waals surface area contributed by atoms with Gasteiger partial charge in [0, 0.05) is 12.6 Å². The van der Waals surface area contributed by atoms with Crippen LogP contribution in [0.5, 0.6) is 5.75 Å². The highest BCUT2D eigenvalue weighted by atomic mass is 16.5. The normalized spacial score (nSPS) is 17.5. The standard InChI is InChI=1S/C18H29NO2/c1-4-6-14(2)13-21-18(12-19-16-9-10-16)15-7-5-8-17(11-15)20-3/h5,7-8,11,14,16,18-19H,4,6,9-10,12-13H2,1-3H3. The summed E-state index contributed by atoms with van der Waals surface area (Å²) in [7, 11) is 1.71. The number of hydrogen-bond acceptors (Lipinski definition) is 3. The highest BCUT2D eigenvalue weighted by Crippen LogP contribution is 2.25. The van der Waals surface area contributed by atoms with Crippen LogP contribution >= 0.6 is 0 Å². The third kappa shape index (κ3) is 5.68. The summed E-state index contributed by atoms with van der Waals surface area (Å²) in [6, 6.07) is 8.94. The first-order valence-electron chi connectivity index (χ1n) is 8.21. The number of rotatable bonds is 10. The molecular formula is C18H29NO2. The molecule has 0 spiro atoms. The molecule has 0 amide bonds. The van der Waals surface area contributed by atoms with Gasteiger partial charge in [0.25, 0.3) is 0 Å². The van der Waals surface area contributed by atoms with E-state index in [-0.39, 0.29) is 6.10 Å². The van der Waals surface area contributed by atoms with E-state index in [4.69, 9.17) is 9.47 Å². The predicted octanol–water partition coefficient (Wildman–Crippen LogP) is 3.94. The van der Waals surface area contributed by atoms with Crippen molar-refractivity contribution in [2.24, 2.45) is 5.92 Å². The van der Waals surface area contributed by atoms with Gasteiger partial charge in [-0.15, -0.1) is 0 Å². The lowest BCUT2D eigenvalue weighted by Gasteiger charge is -2.22. The average Bonchev–Trinajstić information content (AvgIpc) is 3.32. The molecule has 0 radical (unpaired) electrons. The molecule has 3 heteroatoms. The minimum Gasteiger partial charge on any atom is -0.497 e. The van der Waals surface area contributed by atoms with Crippen molar-refractivity contribution in [3.63, 3.8) is 0 Å². The largest absolute Gasteiger partial charge is 0.497 e. The minimum atomic E-state index is 0.111. The summed E-state index contributed by atoms with van der Waals surface area (Å²) in [5, 5.41) is 3.58. The Hall–Kier alpha value is -1.06. The lowest BCUT2D eigenvalue weighted by molar-refractivity contribution is 0.0296. The summed E-state index contributed by atoms with van der Waals surface area (Å²) in [6.07, 6.45) is 5.16. The van der Waals surface area contributed by atoms with Gasteiger partial charge < -0.3 is 14.8 Å². The molecule has 0 aromatic heterocycles. The number of methoxy groups -OCH3 is 1. The van der Waals surface area contributed by atoms with Gasteiger partial charge in [-0.1, -0.05) is 32.4 Å². The molecule has 118 valence electrons. The third-order valence-corrected chi connectivity index (χ3v) is 4.00. The van der Waals surface area contributed by atoms with E-state index in [1.54, 1.807) is 7.11 Å². The van der Waals surface area contributed by atoms with Crippen LogP contribution in [0.25, 0.3) is 0 Å². The molecular weight excluding hydrogens is 262 g/mol. The highest BCUT2D eigenvalue weighted by molar-refractivity contribution is 5.30. The van der Waals surface area contributed by atoms with Crippen LogP contribution in [0.3, 0.4) is 0 Å². The van der Waals surface area contributed by atoms with Crippen molar-refractivity contribution in [1.82, 2.24) is 5.32 Å². The molecule has 1 fully saturated rings. The van der Waals surface area contributed by atoms with Crippen molar-refractivity contribution in [2.45, 2.75) is 51.7 Å². The second kappa shape index (κ2) is 8.40. The van der Waals surface area contributed by atoms with Crippen molar-refractivity contribution in [1.29, 1.82) is 0 Å². The van der Waals surface area contributed by atoms with Crippen LogP contribution in [0.1, 0.15) is 51.2 Å². The maximum absolute atomic E-state index is 6.20. The van der Waals surface area contributed by atoms with Crippen LogP contribution in [0.2, 0.25) is 0 Å². The maximum atomic E-state index is 6.20. The first kappa shape index (κ1) is 16.3. The molecule has 2 unspecified atom stereocenters. The Morgan fingerprint density at radius 1 is 1.33 bits per heavy atom. The van der Waals surface area contributed by atoms with Gasteiger partial charge in [0.05, 0.1) is 19.8 Å². The second-order valence-electron chi connectivity index (χ2n) is 6.17. The molecule has 1 aliphatic rings. The van der Waals surface area contributed by atoms with Crippen molar-refractivity contribution >= 4 is 0 Å². The van der Waals surface area contributed by atoms with Gasteiger partial charge in [0.15, 0.2) is 0 Å². The fourth-order valence-electron chi connectivity index (χ4n) is 2.53. The Morgan fingerprint density at radius 3 is 2.81 bits per heavy atom. The Kier molecular flexibility index (Phi) is 6.52. The Balaban J connectivity index is 1.95. The third-order valence-electron chi connectivity index (χ3n) is 4.00. The minimum absolute atomic E-state index is 0.111. The zero-order chi connectivity index (χ0) is 15.1. The molecule has 1 saturated carbocycles. The van der Waals surface area contributed by atoms with Crippen LogP contribution in [0, 0.1) is 5.92 Å². The summed E-state index contributed by atoms with van der Waals surface area (Å²) in [5.41, 5.74) is 1.20. The Labute approximate surface area is 129 Å². The summed E-state index contributed by atoms with van der Waals surface area (Å²) in [6.45, 7) is 6.20. The number of nitrogens with one attached hydrogen (secondary N) is 1. The molecule has 1 aliphatic carbocycles. The molecule has 0 aliphatic heterocycles. The van der Waals surface area contributed by atoms with E-state index in [0.717, 1.165) is 18.9 Å². The zero-order valence-corrected chi connectivity index (χ0v) is 13.6. The van der Waals surface area contributed by atoms with E-state index in [0.29, 0.717) is 12.0 Å². The van der Waals surface area contributed by atoms with Gasteiger partial charge in [-0.3, -0.25) is 0 Å². The fourth-order valence-corrected chi connectivity index (χ4v) is 2.53. The number of hydrogen-bond donors (Lipinski definition) is 1. The SMILES string of the molecule is CCCC(C)COC(CNC1CC1)c1cccc(OC)c1. The second-order valence-corrected chi connectivity index (χ2v) is 6.17. The van der Waals surface area contributed by atoms with Gasteiger partial charge in [0.1, 0.15) is 5.75 Å². The monoisotopic (exact) mass is 291 g/mol. The Bertz CT molecular complexity index is 417. The number of benzene rings is 1.